The maximum atomic E-state index is 12.4. The van der Waals surface area contributed by atoms with E-state index in [9.17, 15) is 14.9 Å². The maximum Gasteiger partial charge on any atom is 0.433 e. The Morgan fingerprint density at radius 3 is 2.96 bits per heavy atom. The number of anilines is 1. The molecule has 1 aliphatic heterocycles. The average Bonchev–Trinajstić information content (AvgIpc) is 3.32. The van der Waals surface area contributed by atoms with Crippen LogP contribution in [0.2, 0.25) is 0 Å². The van der Waals surface area contributed by atoms with Crippen molar-refractivity contribution in [3.63, 3.8) is 0 Å². The van der Waals surface area contributed by atoms with Gasteiger partial charge >= 0.3 is 5.88 Å². The fourth-order valence-corrected chi connectivity index (χ4v) is 3.83. The third-order valence-electron chi connectivity index (χ3n) is 3.78. The van der Waals surface area contributed by atoms with Crippen LogP contribution in [0.15, 0.2) is 21.1 Å². The van der Waals surface area contributed by atoms with E-state index in [0.29, 0.717) is 41.9 Å². The van der Waals surface area contributed by atoms with Gasteiger partial charge in [-0.25, -0.2) is 0 Å². The fourth-order valence-electron chi connectivity index (χ4n) is 2.66. The Balaban J connectivity index is 1.70. The van der Waals surface area contributed by atoms with Gasteiger partial charge in [0, 0.05) is 4.88 Å². The van der Waals surface area contributed by atoms with Gasteiger partial charge in [0.15, 0.2) is 11.6 Å². The number of fused-ring (bicyclic) bond motifs is 1. The Kier molecular flexibility index (Phi) is 4.01. The van der Waals surface area contributed by atoms with Crippen molar-refractivity contribution in [1.29, 1.82) is 0 Å². The summed E-state index contributed by atoms with van der Waals surface area (Å²) in [6.07, 6.45) is 0.657. The number of nitrogens with zero attached hydrogens (tertiary/aromatic N) is 3. The molecular weight excluding hydrogens is 364 g/mol. The second kappa shape index (κ2) is 6.35. The van der Waals surface area contributed by atoms with Crippen molar-refractivity contribution in [1.82, 2.24) is 10.1 Å². The number of carbonyl (C=O) groups excluding carboxylic acids is 1. The molecule has 0 aliphatic carbocycles. The minimum Gasteiger partial charge on any atom is -0.395 e. The van der Waals surface area contributed by atoms with E-state index in [-0.39, 0.29) is 5.76 Å². The summed E-state index contributed by atoms with van der Waals surface area (Å²) < 4.78 is 15.7. The molecule has 0 radical (unpaired) electrons. The van der Waals surface area contributed by atoms with Crippen molar-refractivity contribution in [3.05, 3.63) is 44.3 Å². The molecular formula is C15H12N4O6S. The molecule has 4 rings (SSSR count). The number of thiophene rings is 1. The van der Waals surface area contributed by atoms with Gasteiger partial charge in [-0.2, -0.15) is 4.98 Å². The van der Waals surface area contributed by atoms with Crippen molar-refractivity contribution in [2.75, 3.05) is 11.9 Å². The number of hydrogen-bond acceptors (Lipinski definition) is 9. The van der Waals surface area contributed by atoms with Gasteiger partial charge in [-0.1, -0.05) is 5.16 Å². The first-order valence-corrected chi connectivity index (χ1v) is 8.43. The molecule has 0 saturated carbocycles. The van der Waals surface area contributed by atoms with Crippen LogP contribution in [0.25, 0.3) is 11.5 Å². The van der Waals surface area contributed by atoms with Gasteiger partial charge in [-0.15, -0.1) is 11.3 Å². The number of aryl methyl sites for hydroxylation is 1. The van der Waals surface area contributed by atoms with Crippen LogP contribution >= 0.6 is 11.3 Å². The minimum absolute atomic E-state index is 0.160. The van der Waals surface area contributed by atoms with Crippen molar-refractivity contribution in [3.8, 4) is 11.5 Å². The molecule has 0 saturated heterocycles. The van der Waals surface area contributed by atoms with Gasteiger partial charge in [0.2, 0.25) is 0 Å². The van der Waals surface area contributed by atoms with Crippen LogP contribution in [0.3, 0.4) is 0 Å². The Bertz CT molecular complexity index is 1000. The standard InChI is InChI=1S/C15H12N4O6S/c1-7-16-14(25-18-7)12-8-4-5-23-6-10(8)26-15(12)17-13(20)9-2-3-11(24-9)19(21)22/h2-3H,4-6H2,1H3,(H,17,20). The van der Waals surface area contributed by atoms with Crippen LogP contribution in [0.5, 0.6) is 0 Å². The molecule has 1 N–H and O–H groups in total. The third-order valence-corrected chi connectivity index (χ3v) is 4.91. The molecule has 1 amide bonds. The van der Waals surface area contributed by atoms with Gasteiger partial charge < -0.3 is 19.0 Å². The normalized spacial score (nSPS) is 13.4. The zero-order chi connectivity index (χ0) is 18.3. The molecule has 0 aromatic carbocycles. The summed E-state index contributed by atoms with van der Waals surface area (Å²) in [6.45, 7) is 2.69. The number of carbonyl (C=O) groups is 1. The number of ether oxygens (including phenoxy) is 1. The molecule has 3 aromatic rings. The quantitative estimate of drug-likeness (QED) is 0.542. The summed E-state index contributed by atoms with van der Waals surface area (Å²) >= 11 is 1.34. The minimum atomic E-state index is -0.704. The van der Waals surface area contributed by atoms with E-state index in [0.717, 1.165) is 16.5 Å². The monoisotopic (exact) mass is 376 g/mol. The molecule has 0 atom stereocenters. The molecule has 26 heavy (non-hydrogen) atoms. The van der Waals surface area contributed by atoms with E-state index in [1.807, 2.05) is 0 Å². The average molecular weight is 376 g/mol. The molecule has 0 fully saturated rings. The molecule has 134 valence electrons. The summed E-state index contributed by atoms with van der Waals surface area (Å²) in [4.78, 5) is 27.7. The number of rotatable bonds is 4. The second-order valence-corrected chi connectivity index (χ2v) is 6.61. The van der Waals surface area contributed by atoms with Gasteiger partial charge in [0.05, 0.1) is 24.8 Å². The molecule has 3 aromatic heterocycles. The van der Waals surface area contributed by atoms with Gasteiger partial charge in [-0.3, -0.25) is 14.9 Å². The summed E-state index contributed by atoms with van der Waals surface area (Å²) in [7, 11) is 0. The van der Waals surface area contributed by atoms with Crippen molar-refractivity contribution in [2.45, 2.75) is 20.0 Å². The lowest BCUT2D eigenvalue weighted by molar-refractivity contribution is -0.402. The predicted molar refractivity (Wildman–Crippen MR) is 89.0 cm³/mol. The number of furan rings is 1. The molecule has 0 unspecified atom stereocenters. The highest BCUT2D eigenvalue weighted by Gasteiger charge is 2.28. The summed E-state index contributed by atoms with van der Waals surface area (Å²) in [5.41, 5.74) is 1.65. The molecule has 1 aliphatic rings. The third kappa shape index (κ3) is 2.86. The first-order valence-electron chi connectivity index (χ1n) is 7.61. The number of nitrogens with one attached hydrogen (secondary N) is 1. The zero-order valence-electron chi connectivity index (χ0n) is 13.5. The van der Waals surface area contributed by atoms with Crippen LogP contribution in [-0.2, 0) is 17.8 Å². The number of hydrogen-bond donors (Lipinski definition) is 1. The van der Waals surface area contributed by atoms with Gasteiger partial charge in [0.25, 0.3) is 11.8 Å². The highest BCUT2D eigenvalue weighted by Crippen LogP contribution is 2.42. The Morgan fingerprint density at radius 1 is 1.42 bits per heavy atom. The SMILES string of the molecule is Cc1noc(-c2c(NC(=O)c3ccc([N+](=O)[O-])o3)sc3c2CCOC3)n1. The predicted octanol–water partition coefficient (Wildman–Crippen LogP) is 2.93. The van der Waals surface area contributed by atoms with E-state index >= 15 is 0 Å². The molecule has 0 spiro atoms. The van der Waals surface area contributed by atoms with E-state index in [2.05, 4.69) is 15.5 Å². The second-order valence-electron chi connectivity index (χ2n) is 5.51. The zero-order valence-corrected chi connectivity index (χ0v) is 14.3. The lowest BCUT2D eigenvalue weighted by Crippen LogP contribution is -2.11. The van der Waals surface area contributed by atoms with Crippen LogP contribution < -0.4 is 5.32 Å². The topological polar surface area (TPSA) is 134 Å². The molecule has 10 nitrogen and oxygen atoms in total. The maximum absolute atomic E-state index is 12.4. The summed E-state index contributed by atoms with van der Waals surface area (Å²) in [5.74, 6) is -0.475. The Hall–Kier alpha value is -3.05. The van der Waals surface area contributed by atoms with Crippen molar-refractivity contribution < 1.29 is 23.4 Å². The van der Waals surface area contributed by atoms with Gasteiger partial charge in [-0.05, 0) is 25.0 Å². The number of aromatic nitrogens is 2. The molecule has 11 heteroatoms. The summed E-state index contributed by atoms with van der Waals surface area (Å²) in [5, 5.41) is 17.7. The molecule has 4 heterocycles. The van der Waals surface area contributed by atoms with Crippen molar-refractivity contribution >= 4 is 28.1 Å². The van der Waals surface area contributed by atoms with E-state index in [1.165, 1.54) is 17.4 Å². The van der Waals surface area contributed by atoms with Crippen LogP contribution in [0.4, 0.5) is 10.9 Å². The van der Waals surface area contributed by atoms with Crippen LogP contribution in [0.1, 0.15) is 26.8 Å². The fraction of sp³-hybridized carbons (Fsp3) is 0.267. The van der Waals surface area contributed by atoms with Crippen LogP contribution in [-0.4, -0.2) is 27.6 Å². The summed E-state index contributed by atoms with van der Waals surface area (Å²) in [6, 6.07) is 2.38. The number of amides is 1. The molecule has 0 bridgehead atoms. The smallest absolute Gasteiger partial charge is 0.395 e. The van der Waals surface area contributed by atoms with Crippen molar-refractivity contribution in [2.24, 2.45) is 0 Å². The lowest BCUT2D eigenvalue weighted by atomic mass is 10.1. The largest absolute Gasteiger partial charge is 0.433 e. The van der Waals surface area contributed by atoms with Gasteiger partial charge in [0.1, 0.15) is 9.92 Å². The van der Waals surface area contributed by atoms with E-state index in [4.69, 9.17) is 13.7 Å². The Morgan fingerprint density at radius 2 is 2.27 bits per heavy atom. The Labute approximate surface area is 149 Å². The van der Waals surface area contributed by atoms with Crippen LogP contribution in [0, 0.1) is 17.0 Å². The van der Waals surface area contributed by atoms with E-state index in [1.54, 1.807) is 6.92 Å². The lowest BCUT2D eigenvalue weighted by Gasteiger charge is -2.12. The first kappa shape index (κ1) is 16.4. The van der Waals surface area contributed by atoms with E-state index < -0.39 is 16.7 Å². The number of nitro groups is 1. The highest BCUT2D eigenvalue weighted by molar-refractivity contribution is 7.17. The highest BCUT2D eigenvalue weighted by atomic mass is 32.1. The first-order chi connectivity index (χ1) is 12.5.